The minimum atomic E-state index is -1.29. The van der Waals surface area contributed by atoms with Gasteiger partial charge in [0.1, 0.15) is 0 Å². The van der Waals surface area contributed by atoms with Crippen molar-refractivity contribution in [2.45, 2.75) is 20.3 Å². The van der Waals surface area contributed by atoms with Crippen molar-refractivity contribution in [3.63, 3.8) is 0 Å². The second-order valence-corrected chi connectivity index (χ2v) is 4.84. The summed E-state index contributed by atoms with van der Waals surface area (Å²) in [7, 11) is 0. The van der Waals surface area contributed by atoms with Gasteiger partial charge >= 0.3 is 107 Å². The summed E-state index contributed by atoms with van der Waals surface area (Å²) < 4.78 is 0. The Morgan fingerprint density at radius 1 is 0.917 bits per heavy atom. The van der Waals surface area contributed by atoms with E-state index in [4.69, 9.17) is 10.2 Å². The molecule has 3 N–H and O–H groups in total. The molecule has 0 unspecified atom stereocenters. The van der Waals surface area contributed by atoms with E-state index in [0.717, 1.165) is 0 Å². The molecule has 0 amide bonds. The molecule has 6 nitrogen and oxygen atoms in total. The molecule has 0 bridgehead atoms. The second-order valence-electron chi connectivity index (χ2n) is 4.84. The topological polar surface area (TPSA) is 112 Å². The van der Waals surface area contributed by atoms with Crippen LogP contribution in [0.4, 0.5) is 0 Å². The first-order valence-electron chi connectivity index (χ1n) is 6.26. The molecule has 0 saturated carbocycles. The van der Waals surface area contributed by atoms with Gasteiger partial charge in [-0.25, -0.2) is 14.4 Å². The molecule has 0 radical (unpaired) electrons. The molecule has 24 heavy (non-hydrogen) atoms. The van der Waals surface area contributed by atoms with Crippen molar-refractivity contribution in [2.24, 2.45) is 5.92 Å². The number of aliphatic carboxylic acids is 2. The third kappa shape index (κ3) is 8.65. The minimum Gasteiger partial charge on any atom is -1.00 e. The first-order chi connectivity index (χ1) is 9.73. The largest absolute Gasteiger partial charge is 1.00 e. The van der Waals surface area contributed by atoms with Crippen molar-refractivity contribution in [3.8, 4) is 0 Å². The molecule has 0 aliphatic rings. The fraction of sp³-hybridized carbons (Fsp3) is 0.267. The van der Waals surface area contributed by atoms with Crippen molar-refractivity contribution >= 4 is 17.9 Å². The van der Waals surface area contributed by atoms with Crippen LogP contribution in [0.5, 0.6) is 0 Å². The average molecular weight is 364 g/mol. The van der Waals surface area contributed by atoms with Crippen LogP contribution in [0.1, 0.15) is 34.0 Å². The number of carbonyl (C=O) groups is 3. The van der Waals surface area contributed by atoms with E-state index in [-0.39, 0.29) is 116 Å². The van der Waals surface area contributed by atoms with Gasteiger partial charge in [-0.3, -0.25) is 0 Å². The number of rotatable bonds is 6. The SMILES string of the molecule is CC(C)/C(C(=O)O)=C(\Cc1ccc(C(=O)O)cc1)C(=O)O.[H-].[H-].[H-].[Na+].[Na+].[Na+]. The molecule has 0 aliphatic carbocycles. The minimum absolute atomic E-state index is 0. The molecule has 1 rings (SSSR count). The van der Waals surface area contributed by atoms with Crippen LogP contribution >= 0.6 is 0 Å². The molecule has 0 aliphatic heterocycles. The zero-order chi connectivity index (χ0) is 16.2. The van der Waals surface area contributed by atoms with E-state index in [2.05, 4.69) is 0 Å². The fourth-order valence-corrected chi connectivity index (χ4v) is 1.98. The van der Waals surface area contributed by atoms with Crippen LogP contribution in [0.3, 0.4) is 0 Å². The van der Waals surface area contributed by atoms with Crippen molar-refractivity contribution in [1.29, 1.82) is 0 Å². The Balaban J connectivity index is -0.000000184. The van der Waals surface area contributed by atoms with Crippen LogP contribution in [-0.4, -0.2) is 33.2 Å². The zero-order valence-electron chi connectivity index (χ0n) is 17.7. The number of carboxylic acids is 3. The van der Waals surface area contributed by atoms with E-state index in [0.29, 0.717) is 5.56 Å². The van der Waals surface area contributed by atoms with Gasteiger partial charge in [0, 0.05) is 6.42 Å². The molecule has 0 spiro atoms. The van der Waals surface area contributed by atoms with Gasteiger partial charge in [0.15, 0.2) is 0 Å². The Morgan fingerprint density at radius 3 is 1.67 bits per heavy atom. The van der Waals surface area contributed by atoms with Crippen molar-refractivity contribution in [1.82, 2.24) is 0 Å². The predicted molar refractivity (Wildman–Crippen MR) is 77.6 cm³/mol. The number of hydrogen-bond donors (Lipinski definition) is 3. The maximum atomic E-state index is 11.3. The van der Waals surface area contributed by atoms with Gasteiger partial charge in [-0.2, -0.15) is 0 Å². The number of benzene rings is 1. The first kappa shape index (κ1) is 29.1. The Hall–Kier alpha value is 0.370. The fourth-order valence-electron chi connectivity index (χ4n) is 1.98. The second kappa shape index (κ2) is 13.6. The molecular weight excluding hydrogens is 345 g/mol. The Morgan fingerprint density at radius 2 is 1.38 bits per heavy atom. The monoisotopic (exact) mass is 364 g/mol. The summed E-state index contributed by atoms with van der Waals surface area (Å²) in [6.45, 7) is 3.22. The van der Waals surface area contributed by atoms with Crippen LogP contribution in [0.25, 0.3) is 0 Å². The Labute approximate surface area is 211 Å². The molecule has 0 saturated heterocycles. The third-order valence-electron chi connectivity index (χ3n) is 2.97. The molecule has 0 atom stereocenters. The number of aromatic carboxylic acids is 1. The molecule has 9 heteroatoms. The molecule has 0 fully saturated rings. The van der Waals surface area contributed by atoms with Crippen LogP contribution in [-0.2, 0) is 16.0 Å². The van der Waals surface area contributed by atoms with Gasteiger partial charge in [0.05, 0.1) is 16.7 Å². The summed E-state index contributed by atoms with van der Waals surface area (Å²) in [6, 6.07) is 5.66. The van der Waals surface area contributed by atoms with E-state index in [1.54, 1.807) is 13.8 Å². The van der Waals surface area contributed by atoms with Gasteiger partial charge in [-0.15, -0.1) is 0 Å². The summed E-state index contributed by atoms with van der Waals surface area (Å²) >= 11 is 0. The van der Waals surface area contributed by atoms with Crippen molar-refractivity contribution in [2.75, 3.05) is 0 Å². The van der Waals surface area contributed by atoms with Gasteiger partial charge in [0.25, 0.3) is 0 Å². The van der Waals surface area contributed by atoms with E-state index in [9.17, 15) is 19.5 Å². The summed E-state index contributed by atoms with van der Waals surface area (Å²) in [5, 5.41) is 27.2. The molecule has 0 aromatic heterocycles. The molecule has 118 valence electrons. The molecular formula is C15H19Na3O6. The Kier molecular flexibility index (Phi) is 16.5. The average Bonchev–Trinajstić information content (AvgIpc) is 2.37. The predicted octanol–water partition coefficient (Wildman–Crippen LogP) is -6.60. The maximum absolute atomic E-state index is 11.3. The number of hydrogen-bond acceptors (Lipinski definition) is 3. The van der Waals surface area contributed by atoms with E-state index in [1.807, 2.05) is 0 Å². The first-order valence-corrected chi connectivity index (χ1v) is 6.26. The summed E-state index contributed by atoms with van der Waals surface area (Å²) in [5.41, 5.74) is 0.282. The Bertz CT molecular complexity index is 622. The normalized spacial score (nSPS) is 10.5. The van der Waals surface area contributed by atoms with E-state index in [1.165, 1.54) is 24.3 Å². The summed E-state index contributed by atoms with van der Waals surface area (Å²) in [4.78, 5) is 33.3. The number of carboxylic acid groups (broad SMARTS) is 3. The molecule has 1 aromatic carbocycles. The van der Waals surface area contributed by atoms with Crippen LogP contribution < -0.4 is 88.7 Å². The zero-order valence-corrected chi connectivity index (χ0v) is 20.7. The third-order valence-corrected chi connectivity index (χ3v) is 2.97. The van der Waals surface area contributed by atoms with Gasteiger partial charge < -0.3 is 19.6 Å². The van der Waals surface area contributed by atoms with Crippen LogP contribution in [0, 0.1) is 5.92 Å². The van der Waals surface area contributed by atoms with E-state index >= 15 is 0 Å². The quantitative estimate of drug-likeness (QED) is 0.342. The van der Waals surface area contributed by atoms with E-state index < -0.39 is 23.8 Å². The van der Waals surface area contributed by atoms with Gasteiger partial charge in [-0.05, 0) is 23.6 Å². The molecule has 0 heterocycles. The van der Waals surface area contributed by atoms with Crippen LogP contribution in [0.2, 0.25) is 0 Å². The summed E-state index contributed by atoms with van der Waals surface area (Å²) in [5.74, 6) is -4.07. The van der Waals surface area contributed by atoms with Crippen molar-refractivity contribution < 1.29 is 123 Å². The maximum Gasteiger partial charge on any atom is 1.00 e. The molecule has 1 aromatic rings. The van der Waals surface area contributed by atoms with Crippen LogP contribution in [0.15, 0.2) is 35.4 Å². The van der Waals surface area contributed by atoms with Gasteiger partial charge in [-0.1, -0.05) is 26.0 Å². The van der Waals surface area contributed by atoms with Crippen molar-refractivity contribution in [3.05, 3.63) is 46.5 Å². The summed E-state index contributed by atoms with van der Waals surface area (Å²) in [6.07, 6.45) is -0.0744. The van der Waals surface area contributed by atoms with Gasteiger partial charge in [0.2, 0.25) is 0 Å². The standard InChI is InChI=1S/C15H16O6.3Na.3H/c1-8(2)12(15(20)21)11(14(18)19)7-9-3-5-10(6-4-9)13(16)17;;;;;;/h3-6,8H,7H2,1-2H3,(H,16,17)(H,18,19)(H,20,21);;;;;;/q;3*+1;3*-1/b12-11-;;;;;;. The smallest absolute Gasteiger partial charge is 1.00 e.